The molecular formula is C15H18F2N2O. The molecule has 0 aliphatic carbocycles. The number of nitrogens with zero attached hydrogens (tertiary/aromatic N) is 1. The molecular weight excluding hydrogens is 262 g/mol. The fraction of sp³-hybridized carbons (Fsp3) is 0.533. The average molecular weight is 280 g/mol. The lowest BCUT2D eigenvalue weighted by Gasteiger charge is -2.33. The van der Waals surface area contributed by atoms with Crippen LogP contribution in [0, 0.1) is 17.0 Å². The van der Waals surface area contributed by atoms with Gasteiger partial charge >= 0.3 is 0 Å². The van der Waals surface area contributed by atoms with Crippen molar-refractivity contribution in [1.29, 1.82) is 0 Å². The Morgan fingerprint density at radius 2 is 1.75 bits per heavy atom. The van der Waals surface area contributed by atoms with E-state index < -0.39 is 11.6 Å². The monoisotopic (exact) mass is 280 g/mol. The van der Waals surface area contributed by atoms with E-state index in [1.165, 1.54) is 0 Å². The Morgan fingerprint density at radius 3 is 2.40 bits per heavy atom. The number of benzene rings is 1. The van der Waals surface area contributed by atoms with Crippen molar-refractivity contribution in [3.05, 3.63) is 35.4 Å². The van der Waals surface area contributed by atoms with Gasteiger partial charge < -0.3 is 10.2 Å². The zero-order valence-corrected chi connectivity index (χ0v) is 11.3. The molecule has 1 aromatic carbocycles. The van der Waals surface area contributed by atoms with E-state index in [4.69, 9.17) is 0 Å². The molecule has 2 fully saturated rings. The first-order valence-electron chi connectivity index (χ1n) is 7.04. The van der Waals surface area contributed by atoms with Gasteiger partial charge in [-0.15, -0.1) is 0 Å². The van der Waals surface area contributed by atoms with E-state index in [1.807, 2.05) is 0 Å². The van der Waals surface area contributed by atoms with Crippen LogP contribution in [0.5, 0.6) is 0 Å². The van der Waals surface area contributed by atoms with E-state index in [0.717, 1.165) is 50.6 Å². The third kappa shape index (κ3) is 2.54. The molecule has 108 valence electrons. The molecule has 2 aliphatic rings. The fourth-order valence-electron chi connectivity index (χ4n) is 3.33. The summed E-state index contributed by atoms with van der Waals surface area (Å²) in [6, 6.07) is 3.01. The van der Waals surface area contributed by atoms with Gasteiger partial charge in [0, 0.05) is 24.7 Å². The first-order chi connectivity index (χ1) is 9.58. The molecule has 0 saturated carbocycles. The quantitative estimate of drug-likeness (QED) is 0.855. The predicted octanol–water partition coefficient (Wildman–Crippen LogP) is 2.18. The van der Waals surface area contributed by atoms with Gasteiger partial charge in [-0.3, -0.25) is 4.79 Å². The minimum Gasteiger partial charge on any atom is -0.338 e. The third-order valence-electron chi connectivity index (χ3n) is 4.50. The summed E-state index contributed by atoms with van der Waals surface area (Å²) in [6.07, 6.45) is 3.11. The summed E-state index contributed by atoms with van der Waals surface area (Å²) in [6.45, 7) is 3.34. The van der Waals surface area contributed by atoms with Gasteiger partial charge in [-0.1, -0.05) is 0 Å². The van der Waals surface area contributed by atoms with Crippen molar-refractivity contribution in [3.63, 3.8) is 0 Å². The number of piperidine rings is 1. The van der Waals surface area contributed by atoms with Crippen molar-refractivity contribution in [1.82, 2.24) is 10.2 Å². The maximum Gasteiger partial charge on any atom is 0.254 e. The van der Waals surface area contributed by atoms with Gasteiger partial charge in [-0.2, -0.15) is 0 Å². The maximum atomic E-state index is 13.2. The molecule has 20 heavy (non-hydrogen) atoms. The zero-order valence-electron chi connectivity index (χ0n) is 11.3. The van der Waals surface area contributed by atoms with Crippen molar-refractivity contribution >= 4 is 5.91 Å². The number of amides is 1. The number of nitrogens with one attached hydrogen (secondary N) is 1. The fourth-order valence-corrected chi connectivity index (χ4v) is 3.33. The highest BCUT2D eigenvalue weighted by atomic mass is 19.1. The van der Waals surface area contributed by atoms with Crippen LogP contribution in [0.3, 0.4) is 0 Å². The third-order valence-corrected chi connectivity index (χ3v) is 4.50. The lowest BCUT2D eigenvalue weighted by atomic mass is 9.78. The minimum absolute atomic E-state index is 0.105. The lowest BCUT2D eigenvalue weighted by molar-refractivity contribution is 0.0761. The smallest absolute Gasteiger partial charge is 0.254 e. The molecule has 2 saturated heterocycles. The number of carbonyl (C=O) groups is 1. The van der Waals surface area contributed by atoms with Crippen LogP contribution in [-0.4, -0.2) is 37.0 Å². The van der Waals surface area contributed by atoms with Gasteiger partial charge in [0.15, 0.2) is 0 Å². The molecule has 0 unspecified atom stereocenters. The van der Waals surface area contributed by atoms with E-state index in [1.54, 1.807) is 4.90 Å². The summed E-state index contributed by atoms with van der Waals surface area (Å²) < 4.78 is 26.4. The maximum absolute atomic E-state index is 13.2. The highest BCUT2D eigenvalue weighted by molar-refractivity contribution is 5.94. The number of hydrogen-bond donors (Lipinski definition) is 1. The molecule has 2 heterocycles. The normalized spacial score (nSPS) is 21.4. The first-order valence-corrected chi connectivity index (χ1v) is 7.04. The molecule has 0 atom stereocenters. The number of likely N-dealkylation sites (tertiary alicyclic amines) is 1. The molecule has 3 nitrogen and oxygen atoms in total. The second-order valence-corrected chi connectivity index (χ2v) is 5.88. The molecule has 2 aliphatic heterocycles. The van der Waals surface area contributed by atoms with Crippen molar-refractivity contribution in [3.8, 4) is 0 Å². The second-order valence-electron chi connectivity index (χ2n) is 5.88. The minimum atomic E-state index is -0.705. The molecule has 3 rings (SSSR count). The summed E-state index contributed by atoms with van der Waals surface area (Å²) in [7, 11) is 0. The summed E-state index contributed by atoms with van der Waals surface area (Å²) in [4.78, 5) is 14.1. The van der Waals surface area contributed by atoms with Crippen molar-refractivity contribution in [2.75, 3.05) is 26.2 Å². The predicted molar refractivity (Wildman–Crippen MR) is 71.4 cm³/mol. The highest BCUT2D eigenvalue weighted by Gasteiger charge is 2.40. The number of rotatable bonds is 1. The molecule has 0 aromatic heterocycles. The SMILES string of the molecule is O=C(c1cc(F)cc(F)c1)N1CCC2(CCNCC2)C1. The average Bonchev–Trinajstić information content (AvgIpc) is 2.81. The van der Waals surface area contributed by atoms with Gasteiger partial charge in [-0.25, -0.2) is 8.78 Å². The Hall–Kier alpha value is -1.49. The number of hydrogen-bond acceptors (Lipinski definition) is 2. The molecule has 5 heteroatoms. The first kappa shape index (κ1) is 13.5. The molecule has 1 amide bonds. The van der Waals surface area contributed by atoms with Crippen LogP contribution >= 0.6 is 0 Å². The van der Waals surface area contributed by atoms with Crippen molar-refractivity contribution < 1.29 is 13.6 Å². The molecule has 1 aromatic rings. The summed E-state index contributed by atoms with van der Waals surface area (Å²) in [5, 5.41) is 3.32. The Balaban J connectivity index is 1.75. The number of halogens is 2. The van der Waals surface area contributed by atoms with E-state index in [0.29, 0.717) is 13.1 Å². The Morgan fingerprint density at radius 1 is 1.10 bits per heavy atom. The van der Waals surface area contributed by atoms with Crippen LogP contribution in [0.4, 0.5) is 8.78 Å². The Kier molecular flexibility index (Phi) is 3.46. The second kappa shape index (κ2) is 5.13. The largest absolute Gasteiger partial charge is 0.338 e. The topological polar surface area (TPSA) is 32.3 Å². The molecule has 0 bridgehead atoms. The van der Waals surface area contributed by atoms with Crippen LogP contribution in [-0.2, 0) is 0 Å². The van der Waals surface area contributed by atoms with Gasteiger partial charge in [0.2, 0.25) is 0 Å². The van der Waals surface area contributed by atoms with Gasteiger partial charge in [0.1, 0.15) is 11.6 Å². The van der Waals surface area contributed by atoms with Gasteiger partial charge in [-0.05, 0) is 49.9 Å². The van der Waals surface area contributed by atoms with Crippen LogP contribution in [0.15, 0.2) is 18.2 Å². The van der Waals surface area contributed by atoms with Gasteiger partial charge in [0.05, 0.1) is 0 Å². The number of carbonyl (C=O) groups excluding carboxylic acids is 1. The Bertz CT molecular complexity index is 506. The summed E-state index contributed by atoms with van der Waals surface area (Å²) in [5.41, 5.74) is 0.306. The van der Waals surface area contributed by atoms with Crippen molar-refractivity contribution in [2.45, 2.75) is 19.3 Å². The van der Waals surface area contributed by atoms with E-state index in [2.05, 4.69) is 5.32 Å². The van der Waals surface area contributed by atoms with Crippen LogP contribution < -0.4 is 5.32 Å². The highest BCUT2D eigenvalue weighted by Crippen LogP contribution is 2.39. The van der Waals surface area contributed by atoms with E-state index >= 15 is 0 Å². The zero-order chi connectivity index (χ0) is 14.2. The van der Waals surface area contributed by atoms with Gasteiger partial charge in [0.25, 0.3) is 5.91 Å². The standard InChI is InChI=1S/C15H18F2N2O/c16-12-7-11(8-13(17)9-12)14(20)19-6-3-15(10-19)1-4-18-5-2-15/h7-9,18H,1-6,10H2. The molecule has 1 spiro atoms. The van der Waals surface area contributed by atoms with Crippen LogP contribution in [0.25, 0.3) is 0 Å². The molecule has 0 radical (unpaired) electrons. The molecule has 1 N–H and O–H groups in total. The van der Waals surface area contributed by atoms with Crippen molar-refractivity contribution in [2.24, 2.45) is 5.41 Å². The van der Waals surface area contributed by atoms with Crippen LogP contribution in [0.1, 0.15) is 29.6 Å². The van der Waals surface area contributed by atoms with Crippen LogP contribution in [0.2, 0.25) is 0 Å². The lowest BCUT2D eigenvalue weighted by Crippen LogP contribution is -2.39. The summed E-state index contributed by atoms with van der Waals surface area (Å²) in [5.74, 6) is -1.67. The summed E-state index contributed by atoms with van der Waals surface area (Å²) >= 11 is 0. The Labute approximate surface area is 117 Å². The van der Waals surface area contributed by atoms with E-state index in [9.17, 15) is 13.6 Å². The van der Waals surface area contributed by atoms with E-state index in [-0.39, 0.29) is 16.9 Å².